The van der Waals surface area contributed by atoms with E-state index in [1.807, 2.05) is 23.1 Å². The van der Waals surface area contributed by atoms with Crippen LogP contribution in [0, 0.1) is 0 Å². The normalized spacial score (nSPS) is 22.8. The molecular formula is C14H26N4O. The summed E-state index contributed by atoms with van der Waals surface area (Å²) in [4.78, 5) is 2.48. The monoisotopic (exact) mass is 266 g/mol. The van der Waals surface area contributed by atoms with Crippen LogP contribution in [-0.2, 0) is 11.3 Å². The highest BCUT2D eigenvalue weighted by molar-refractivity contribution is 4.80. The van der Waals surface area contributed by atoms with Crippen LogP contribution in [0.2, 0.25) is 0 Å². The predicted molar refractivity (Wildman–Crippen MR) is 76.1 cm³/mol. The van der Waals surface area contributed by atoms with E-state index in [9.17, 15) is 0 Å². The van der Waals surface area contributed by atoms with E-state index in [1.165, 1.54) is 0 Å². The van der Waals surface area contributed by atoms with Gasteiger partial charge in [-0.1, -0.05) is 0 Å². The first-order chi connectivity index (χ1) is 9.15. The van der Waals surface area contributed by atoms with E-state index >= 15 is 0 Å². The minimum Gasteiger partial charge on any atom is -0.374 e. The van der Waals surface area contributed by atoms with Gasteiger partial charge in [-0.25, -0.2) is 0 Å². The van der Waals surface area contributed by atoms with Gasteiger partial charge in [0.25, 0.3) is 0 Å². The molecule has 1 N–H and O–H groups in total. The predicted octanol–water partition coefficient (Wildman–Crippen LogP) is 0.970. The maximum absolute atomic E-state index is 5.82. The van der Waals surface area contributed by atoms with Crippen molar-refractivity contribution in [2.75, 3.05) is 26.2 Å². The van der Waals surface area contributed by atoms with Gasteiger partial charge in [0.2, 0.25) is 0 Å². The molecule has 1 aromatic heterocycles. The fourth-order valence-electron chi connectivity index (χ4n) is 2.42. The smallest absolute Gasteiger partial charge is 0.0826 e. The van der Waals surface area contributed by atoms with Crippen LogP contribution in [0.25, 0.3) is 0 Å². The molecule has 2 rings (SSSR count). The van der Waals surface area contributed by atoms with Crippen molar-refractivity contribution in [3.05, 3.63) is 18.5 Å². The SMILES string of the molecule is CC(Cn1cccn1)NCC1CN(C(C)C)CCO1. The highest BCUT2D eigenvalue weighted by atomic mass is 16.5. The van der Waals surface area contributed by atoms with E-state index in [-0.39, 0.29) is 0 Å². The van der Waals surface area contributed by atoms with Crippen LogP contribution in [0.4, 0.5) is 0 Å². The van der Waals surface area contributed by atoms with Crippen LogP contribution < -0.4 is 5.32 Å². The van der Waals surface area contributed by atoms with Crippen molar-refractivity contribution >= 4 is 0 Å². The zero-order valence-corrected chi connectivity index (χ0v) is 12.2. The molecule has 19 heavy (non-hydrogen) atoms. The number of morpholine rings is 1. The molecule has 0 amide bonds. The molecule has 0 radical (unpaired) electrons. The molecule has 1 saturated heterocycles. The molecule has 2 unspecified atom stereocenters. The lowest BCUT2D eigenvalue weighted by atomic mass is 10.2. The average Bonchev–Trinajstić information content (AvgIpc) is 2.89. The van der Waals surface area contributed by atoms with Crippen molar-refractivity contribution in [1.82, 2.24) is 20.0 Å². The molecule has 5 heteroatoms. The van der Waals surface area contributed by atoms with Crippen molar-refractivity contribution in [1.29, 1.82) is 0 Å². The molecule has 0 bridgehead atoms. The van der Waals surface area contributed by atoms with Gasteiger partial charge in [-0.3, -0.25) is 9.58 Å². The van der Waals surface area contributed by atoms with Crippen molar-refractivity contribution in [2.45, 2.75) is 45.5 Å². The largest absolute Gasteiger partial charge is 0.374 e. The Morgan fingerprint density at radius 1 is 1.42 bits per heavy atom. The van der Waals surface area contributed by atoms with E-state index in [1.54, 1.807) is 0 Å². The van der Waals surface area contributed by atoms with E-state index in [2.05, 4.69) is 36.1 Å². The molecule has 108 valence electrons. The van der Waals surface area contributed by atoms with E-state index in [4.69, 9.17) is 4.74 Å². The van der Waals surface area contributed by atoms with E-state index in [0.717, 1.165) is 32.8 Å². The van der Waals surface area contributed by atoms with Crippen molar-refractivity contribution in [2.24, 2.45) is 0 Å². The van der Waals surface area contributed by atoms with Crippen molar-refractivity contribution in [3.63, 3.8) is 0 Å². The van der Waals surface area contributed by atoms with Gasteiger partial charge in [-0.15, -0.1) is 0 Å². The Balaban J connectivity index is 1.69. The summed E-state index contributed by atoms with van der Waals surface area (Å²) >= 11 is 0. The number of aromatic nitrogens is 2. The van der Waals surface area contributed by atoms with Gasteiger partial charge < -0.3 is 10.1 Å². The molecule has 0 spiro atoms. The van der Waals surface area contributed by atoms with Crippen LogP contribution in [0.3, 0.4) is 0 Å². The number of hydrogen-bond acceptors (Lipinski definition) is 4. The second-order valence-corrected chi connectivity index (χ2v) is 5.62. The Morgan fingerprint density at radius 3 is 2.95 bits per heavy atom. The van der Waals surface area contributed by atoms with Gasteiger partial charge in [0.1, 0.15) is 0 Å². The molecular weight excluding hydrogens is 240 g/mol. The van der Waals surface area contributed by atoms with Crippen LogP contribution in [0.1, 0.15) is 20.8 Å². The summed E-state index contributed by atoms with van der Waals surface area (Å²) in [7, 11) is 0. The zero-order valence-electron chi connectivity index (χ0n) is 12.2. The topological polar surface area (TPSA) is 42.3 Å². The second-order valence-electron chi connectivity index (χ2n) is 5.62. The zero-order chi connectivity index (χ0) is 13.7. The number of nitrogens with zero attached hydrogens (tertiary/aromatic N) is 3. The van der Waals surface area contributed by atoms with Crippen LogP contribution in [-0.4, -0.2) is 59.1 Å². The minimum absolute atomic E-state index is 0.302. The molecule has 2 heterocycles. The Kier molecular flexibility index (Phi) is 5.36. The molecule has 1 aliphatic rings. The lowest BCUT2D eigenvalue weighted by molar-refractivity contribution is -0.0381. The van der Waals surface area contributed by atoms with Gasteiger partial charge in [-0.2, -0.15) is 5.10 Å². The fourth-order valence-corrected chi connectivity index (χ4v) is 2.42. The summed E-state index contributed by atoms with van der Waals surface area (Å²) < 4.78 is 7.78. The van der Waals surface area contributed by atoms with Crippen LogP contribution in [0.5, 0.6) is 0 Å². The van der Waals surface area contributed by atoms with Crippen LogP contribution >= 0.6 is 0 Å². The van der Waals surface area contributed by atoms with E-state index < -0.39 is 0 Å². The molecule has 1 fully saturated rings. The van der Waals surface area contributed by atoms with Gasteiger partial charge >= 0.3 is 0 Å². The van der Waals surface area contributed by atoms with E-state index in [0.29, 0.717) is 18.2 Å². The third-order valence-electron chi connectivity index (χ3n) is 3.61. The highest BCUT2D eigenvalue weighted by Crippen LogP contribution is 2.08. The maximum atomic E-state index is 5.82. The van der Waals surface area contributed by atoms with Gasteiger partial charge in [-0.05, 0) is 26.8 Å². The minimum atomic E-state index is 0.302. The summed E-state index contributed by atoms with van der Waals surface area (Å²) in [5.41, 5.74) is 0. The summed E-state index contributed by atoms with van der Waals surface area (Å²) in [6.07, 6.45) is 4.11. The maximum Gasteiger partial charge on any atom is 0.0826 e. The molecule has 0 aromatic carbocycles. The Hall–Kier alpha value is -0.910. The Morgan fingerprint density at radius 2 is 2.26 bits per heavy atom. The van der Waals surface area contributed by atoms with Gasteiger partial charge in [0.15, 0.2) is 0 Å². The number of ether oxygens (including phenoxy) is 1. The quantitative estimate of drug-likeness (QED) is 0.833. The summed E-state index contributed by atoms with van der Waals surface area (Å²) in [6.45, 7) is 11.4. The molecule has 1 aliphatic heterocycles. The average molecular weight is 266 g/mol. The second kappa shape index (κ2) is 7.03. The van der Waals surface area contributed by atoms with Crippen molar-refractivity contribution in [3.8, 4) is 0 Å². The summed E-state index contributed by atoms with van der Waals surface area (Å²) in [5, 5.41) is 7.76. The third-order valence-corrected chi connectivity index (χ3v) is 3.61. The Labute approximate surface area is 115 Å². The fraction of sp³-hybridized carbons (Fsp3) is 0.786. The lowest BCUT2D eigenvalue weighted by Crippen LogP contribution is -2.50. The van der Waals surface area contributed by atoms with Crippen molar-refractivity contribution < 1.29 is 4.74 Å². The Bertz CT molecular complexity index is 352. The number of hydrogen-bond donors (Lipinski definition) is 1. The van der Waals surface area contributed by atoms with Gasteiger partial charge in [0.05, 0.1) is 19.3 Å². The first kappa shape index (κ1) is 14.5. The third kappa shape index (κ3) is 4.60. The van der Waals surface area contributed by atoms with Gasteiger partial charge in [0, 0.05) is 44.1 Å². The molecule has 5 nitrogen and oxygen atoms in total. The standard InChI is InChI=1S/C14H26N4O/c1-12(2)17-7-8-19-14(11-17)9-15-13(3)10-18-6-4-5-16-18/h4-6,12-15H,7-11H2,1-3H3. The highest BCUT2D eigenvalue weighted by Gasteiger charge is 2.22. The first-order valence-electron chi connectivity index (χ1n) is 7.21. The molecule has 0 saturated carbocycles. The molecule has 2 atom stereocenters. The number of rotatable bonds is 6. The lowest BCUT2D eigenvalue weighted by Gasteiger charge is -2.36. The van der Waals surface area contributed by atoms with Crippen LogP contribution in [0.15, 0.2) is 18.5 Å². The first-order valence-corrected chi connectivity index (χ1v) is 7.21. The molecule has 0 aliphatic carbocycles. The summed E-state index contributed by atoms with van der Waals surface area (Å²) in [6, 6.07) is 2.96. The number of nitrogens with one attached hydrogen (secondary N) is 1. The molecule has 1 aromatic rings. The summed E-state index contributed by atoms with van der Waals surface area (Å²) in [5.74, 6) is 0.